The number of hydrogen-bond acceptors (Lipinski definition) is 5. The lowest BCUT2D eigenvalue weighted by Crippen LogP contribution is -1.99. The Morgan fingerprint density at radius 1 is 1.18 bits per heavy atom. The Kier molecular flexibility index (Phi) is 5.03. The van der Waals surface area contributed by atoms with Gasteiger partial charge < -0.3 is 15.2 Å². The van der Waals surface area contributed by atoms with Gasteiger partial charge in [-0.3, -0.25) is 5.10 Å². The maximum absolute atomic E-state index is 14.3. The first kappa shape index (κ1) is 18.5. The predicted molar refractivity (Wildman–Crippen MR) is 113 cm³/mol. The smallest absolute Gasteiger partial charge is 0.185 e. The Morgan fingerprint density at radius 2 is 1.96 bits per heavy atom. The molecular weight excluding hydrogens is 474 g/mol. The lowest BCUT2D eigenvalue weighted by molar-refractivity contribution is 0.414. The average molecular weight is 490 g/mol. The van der Waals surface area contributed by atoms with Crippen LogP contribution < -0.4 is 15.2 Å². The molecule has 2 heterocycles. The van der Waals surface area contributed by atoms with E-state index >= 15 is 0 Å². The summed E-state index contributed by atoms with van der Waals surface area (Å²) in [5, 5.41) is 7.78. The molecule has 0 bridgehead atoms. The molecule has 8 heteroatoms. The predicted octanol–water partition coefficient (Wildman–Crippen LogP) is 4.68. The van der Waals surface area contributed by atoms with Crippen molar-refractivity contribution in [1.29, 1.82) is 0 Å². The van der Waals surface area contributed by atoms with Crippen molar-refractivity contribution in [1.82, 2.24) is 15.2 Å². The fourth-order valence-electron chi connectivity index (χ4n) is 2.88. The number of fused-ring (bicyclic) bond motifs is 1. The monoisotopic (exact) mass is 490 g/mol. The number of nitrogens with zero attached hydrogens (tertiary/aromatic N) is 2. The number of ether oxygens (including phenoxy) is 2. The number of nitrogen functional groups attached to an aromatic ring is 1. The third kappa shape index (κ3) is 3.59. The van der Waals surface area contributed by atoms with E-state index in [9.17, 15) is 4.39 Å². The molecule has 0 atom stereocenters. The van der Waals surface area contributed by atoms with E-state index in [1.165, 1.54) is 12.1 Å². The van der Waals surface area contributed by atoms with Crippen molar-refractivity contribution in [2.24, 2.45) is 0 Å². The normalized spacial score (nSPS) is 11.0. The summed E-state index contributed by atoms with van der Waals surface area (Å²) in [5.74, 6) is 0.860. The molecule has 0 radical (unpaired) electrons. The Balaban J connectivity index is 1.79. The van der Waals surface area contributed by atoms with Gasteiger partial charge in [0.2, 0.25) is 0 Å². The summed E-state index contributed by atoms with van der Waals surface area (Å²) in [4.78, 5) is 4.41. The topological polar surface area (TPSA) is 86.0 Å². The van der Waals surface area contributed by atoms with Gasteiger partial charge >= 0.3 is 0 Å². The molecule has 0 aliphatic rings. The van der Waals surface area contributed by atoms with Gasteiger partial charge in [-0.05, 0) is 52.4 Å². The molecule has 0 amide bonds. The number of H-pyrrole nitrogens is 1. The lowest BCUT2D eigenvalue weighted by atomic mass is 10.0. The molecule has 3 N–H and O–H groups in total. The van der Waals surface area contributed by atoms with Crippen LogP contribution in [0.4, 0.5) is 10.1 Å². The van der Waals surface area contributed by atoms with Gasteiger partial charge in [0.05, 0.1) is 12.5 Å². The first-order chi connectivity index (χ1) is 13.5. The van der Waals surface area contributed by atoms with E-state index in [0.29, 0.717) is 28.9 Å². The fourth-order valence-corrected chi connectivity index (χ4v) is 3.49. The summed E-state index contributed by atoms with van der Waals surface area (Å²) in [7, 11) is 1.63. The van der Waals surface area contributed by atoms with E-state index in [1.807, 2.05) is 24.3 Å². The highest BCUT2D eigenvalue weighted by Crippen LogP contribution is 2.36. The van der Waals surface area contributed by atoms with Crippen LogP contribution in [-0.2, 0) is 6.42 Å². The quantitative estimate of drug-likeness (QED) is 0.314. The molecule has 0 saturated heterocycles. The Bertz CT molecular complexity index is 1150. The van der Waals surface area contributed by atoms with Gasteiger partial charge in [0.15, 0.2) is 17.2 Å². The third-order valence-corrected chi connectivity index (χ3v) is 5.07. The SMILES string of the molecule is COc1ccc(Cc2cnc3n[nH]c(I)c3c2Oc2ccc(N)cc2F)cc1. The van der Waals surface area contributed by atoms with Crippen molar-refractivity contribution in [3.8, 4) is 17.2 Å². The lowest BCUT2D eigenvalue weighted by Gasteiger charge is -2.13. The van der Waals surface area contributed by atoms with E-state index in [4.69, 9.17) is 15.2 Å². The summed E-state index contributed by atoms with van der Waals surface area (Å²) in [6.07, 6.45) is 2.26. The van der Waals surface area contributed by atoms with Crippen LogP contribution in [0.2, 0.25) is 0 Å². The first-order valence-electron chi connectivity index (χ1n) is 8.42. The van der Waals surface area contributed by atoms with Crippen molar-refractivity contribution in [3.63, 3.8) is 0 Å². The number of nitrogens with one attached hydrogen (secondary N) is 1. The zero-order valence-corrected chi connectivity index (χ0v) is 17.0. The van der Waals surface area contributed by atoms with Crippen LogP contribution in [0, 0.1) is 9.52 Å². The molecule has 2 aromatic carbocycles. The summed E-state index contributed by atoms with van der Waals surface area (Å²) >= 11 is 2.12. The molecule has 142 valence electrons. The van der Waals surface area contributed by atoms with E-state index < -0.39 is 5.82 Å². The maximum Gasteiger partial charge on any atom is 0.185 e. The highest BCUT2D eigenvalue weighted by Gasteiger charge is 2.18. The molecule has 4 aromatic rings. The molecule has 0 spiro atoms. The second-order valence-electron chi connectivity index (χ2n) is 6.17. The number of anilines is 1. The number of methoxy groups -OCH3 is 1. The Hall–Kier alpha value is -2.88. The fraction of sp³-hybridized carbons (Fsp3) is 0.100. The van der Waals surface area contributed by atoms with Gasteiger partial charge in [-0.15, -0.1) is 0 Å². The van der Waals surface area contributed by atoms with Crippen LogP contribution in [0.15, 0.2) is 48.7 Å². The number of rotatable bonds is 5. The molecule has 6 nitrogen and oxygen atoms in total. The highest BCUT2D eigenvalue weighted by atomic mass is 127. The van der Waals surface area contributed by atoms with Gasteiger partial charge in [-0.25, -0.2) is 9.37 Å². The molecule has 2 aromatic heterocycles. The van der Waals surface area contributed by atoms with Crippen molar-refractivity contribution < 1.29 is 13.9 Å². The molecule has 0 saturated carbocycles. The van der Waals surface area contributed by atoms with Crippen LogP contribution in [0.25, 0.3) is 11.0 Å². The first-order valence-corrected chi connectivity index (χ1v) is 9.50. The van der Waals surface area contributed by atoms with E-state index in [2.05, 4.69) is 37.8 Å². The minimum atomic E-state index is -0.529. The van der Waals surface area contributed by atoms with E-state index in [-0.39, 0.29) is 5.75 Å². The van der Waals surface area contributed by atoms with Gasteiger partial charge in [0.1, 0.15) is 15.2 Å². The largest absolute Gasteiger partial charge is 0.497 e. The number of aromatic amines is 1. The zero-order chi connectivity index (χ0) is 19.7. The second-order valence-corrected chi connectivity index (χ2v) is 7.24. The Labute approximate surface area is 174 Å². The molecule has 4 rings (SSSR count). The number of aromatic nitrogens is 3. The Morgan fingerprint density at radius 3 is 2.68 bits per heavy atom. The van der Waals surface area contributed by atoms with Gasteiger partial charge in [-0.2, -0.15) is 5.10 Å². The zero-order valence-electron chi connectivity index (χ0n) is 14.9. The molecule has 0 unspecified atom stereocenters. The average Bonchev–Trinajstić information content (AvgIpc) is 3.07. The number of hydrogen-bond donors (Lipinski definition) is 2. The van der Waals surface area contributed by atoms with Crippen molar-refractivity contribution in [3.05, 3.63) is 69.3 Å². The van der Waals surface area contributed by atoms with E-state index in [0.717, 1.165) is 20.6 Å². The van der Waals surface area contributed by atoms with Gasteiger partial charge in [-0.1, -0.05) is 12.1 Å². The van der Waals surface area contributed by atoms with Crippen LogP contribution in [-0.4, -0.2) is 22.3 Å². The third-order valence-electron chi connectivity index (χ3n) is 4.29. The van der Waals surface area contributed by atoms with Crippen LogP contribution in [0.5, 0.6) is 17.2 Å². The minimum Gasteiger partial charge on any atom is -0.497 e. The van der Waals surface area contributed by atoms with E-state index in [1.54, 1.807) is 19.4 Å². The minimum absolute atomic E-state index is 0.0923. The summed E-state index contributed by atoms with van der Waals surface area (Å²) in [5.41, 5.74) is 8.34. The van der Waals surface area contributed by atoms with Crippen LogP contribution in [0.1, 0.15) is 11.1 Å². The highest BCUT2D eigenvalue weighted by molar-refractivity contribution is 14.1. The maximum atomic E-state index is 14.3. The number of pyridine rings is 1. The molecule has 0 aliphatic heterocycles. The molecule has 0 fully saturated rings. The van der Waals surface area contributed by atoms with Crippen molar-refractivity contribution in [2.45, 2.75) is 6.42 Å². The molecular formula is C20H16FIN4O2. The summed E-state index contributed by atoms with van der Waals surface area (Å²) in [6, 6.07) is 12.1. The standard InChI is InChI=1S/C20H16FIN4O2/c1-27-14-5-2-11(3-6-14)8-12-10-24-20-17(19(22)25-26-20)18(12)28-16-7-4-13(23)9-15(16)21/h2-7,9-10H,8,23H2,1H3,(H,24,25,26). The number of benzene rings is 2. The van der Waals surface area contributed by atoms with Crippen LogP contribution >= 0.6 is 22.6 Å². The van der Waals surface area contributed by atoms with Crippen LogP contribution in [0.3, 0.4) is 0 Å². The van der Waals surface area contributed by atoms with Gasteiger partial charge in [0.25, 0.3) is 0 Å². The molecule has 28 heavy (non-hydrogen) atoms. The van der Waals surface area contributed by atoms with Gasteiger partial charge in [0, 0.05) is 29.9 Å². The molecule has 0 aliphatic carbocycles. The second kappa shape index (κ2) is 7.63. The van der Waals surface area contributed by atoms with Crippen molar-refractivity contribution >= 4 is 39.3 Å². The number of halogens is 2. The number of nitrogens with two attached hydrogens (primary N) is 1. The summed E-state index contributed by atoms with van der Waals surface area (Å²) < 4.78 is 26.3. The van der Waals surface area contributed by atoms with Crippen molar-refractivity contribution in [2.75, 3.05) is 12.8 Å². The summed E-state index contributed by atoms with van der Waals surface area (Å²) in [6.45, 7) is 0.